The Morgan fingerprint density at radius 3 is 2.50 bits per heavy atom. The summed E-state index contributed by atoms with van der Waals surface area (Å²) in [5.74, 6) is 0. The molecular weight excluding hydrogens is 291 g/mol. The fourth-order valence-electron chi connectivity index (χ4n) is 1.61. The number of anilines is 1. The number of ether oxygens (including phenoxy) is 1. The Kier molecular flexibility index (Phi) is 4.56. The highest BCUT2D eigenvalue weighted by Crippen LogP contribution is 2.33. The lowest BCUT2D eigenvalue weighted by Gasteiger charge is -2.08. The smallest absolute Gasteiger partial charge is 0.380 e. The van der Waals surface area contributed by atoms with E-state index in [0.29, 0.717) is 24.5 Å². The highest BCUT2D eigenvalue weighted by Gasteiger charge is 2.35. The standard InChI is InChI=1S/C12H12F3N3OS/c1-19-7-9-5-3-2-4-8(9)6-16-11-18-17-10(20-11)12(13,14)15/h2-5H,6-7H2,1H3,(H,16,18). The first-order valence-electron chi connectivity index (χ1n) is 5.71. The van der Waals surface area contributed by atoms with E-state index in [1.54, 1.807) is 7.11 Å². The summed E-state index contributed by atoms with van der Waals surface area (Å²) in [4.78, 5) is 0. The number of hydrogen-bond donors (Lipinski definition) is 1. The molecule has 20 heavy (non-hydrogen) atoms. The van der Waals surface area contributed by atoms with Gasteiger partial charge in [0.1, 0.15) is 0 Å². The van der Waals surface area contributed by atoms with E-state index in [0.717, 1.165) is 11.1 Å². The molecule has 4 nitrogen and oxygen atoms in total. The summed E-state index contributed by atoms with van der Waals surface area (Å²) in [6.45, 7) is 0.813. The summed E-state index contributed by atoms with van der Waals surface area (Å²) in [6.07, 6.45) is -4.45. The number of nitrogens with one attached hydrogen (secondary N) is 1. The van der Waals surface area contributed by atoms with E-state index >= 15 is 0 Å². The third-order valence-corrected chi connectivity index (χ3v) is 3.44. The Balaban J connectivity index is 2.04. The molecule has 0 aliphatic rings. The van der Waals surface area contributed by atoms with E-state index in [4.69, 9.17) is 4.74 Å². The summed E-state index contributed by atoms with van der Waals surface area (Å²) in [7, 11) is 1.59. The van der Waals surface area contributed by atoms with Crippen LogP contribution in [0.3, 0.4) is 0 Å². The molecule has 1 heterocycles. The number of methoxy groups -OCH3 is 1. The number of rotatable bonds is 5. The average Bonchev–Trinajstić information content (AvgIpc) is 2.87. The Morgan fingerprint density at radius 2 is 1.90 bits per heavy atom. The maximum atomic E-state index is 12.4. The molecule has 2 rings (SSSR count). The van der Waals surface area contributed by atoms with Gasteiger partial charge in [0.05, 0.1) is 6.61 Å². The minimum absolute atomic E-state index is 0.143. The molecule has 0 unspecified atom stereocenters. The lowest BCUT2D eigenvalue weighted by molar-refractivity contribution is -0.138. The van der Waals surface area contributed by atoms with Crippen LogP contribution in [0.25, 0.3) is 0 Å². The lowest BCUT2D eigenvalue weighted by atomic mass is 10.1. The van der Waals surface area contributed by atoms with Crippen LogP contribution in [-0.4, -0.2) is 17.3 Å². The van der Waals surface area contributed by atoms with E-state index in [9.17, 15) is 13.2 Å². The zero-order chi connectivity index (χ0) is 14.6. The number of benzene rings is 1. The molecule has 0 fully saturated rings. The Labute approximate surface area is 117 Å². The van der Waals surface area contributed by atoms with Crippen LogP contribution in [0.2, 0.25) is 0 Å². The van der Waals surface area contributed by atoms with Gasteiger partial charge < -0.3 is 10.1 Å². The van der Waals surface area contributed by atoms with E-state index in [2.05, 4.69) is 15.5 Å². The molecule has 0 saturated carbocycles. The minimum atomic E-state index is -4.45. The monoisotopic (exact) mass is 303 g/mol. The van der Waals surface area contributed by atoms with Crippen molar-refractivity contribution in [3.05, 3.63) is 40.4 Å². The number of halogens is 3. The number of nitrogens with zero attached hydrogens (tertiary/aromatic N) is 2. The van der Waals surface area contributed by atoms with Crippen LogP contribution in [-0.2, 0) is 24.1 Å². The third kappa shape index (κ3) is 3.67. The molecule has 0 atom stereocenters. The van der Waals surface area contributed by atoms with Crippen LogP contribution in [0.1, 0.15) is 16.1 Å². The Morgan fingerprint density at radius 1 is 1.20 bits per heavy atom. The van der Waals surface area contributed by atoms with Gasteiger partial charge >= 0.3 is 6.18 Å². The van der Waals surface area contributed by atoms with E-state index in [1.165, 1.54) is 0 Å². The first kappa shape index (κ1) is 14.7. The minimum Gasteiger partial charge on any atom is -0.380 e. The van der Waals surface area contributed by atoms with Gasteiger partial charge in [0.25, 0.3) is 0 Å². The van der Waals surface area contributed by atoms with Gasteiger partial charge in [-0.2, -0.15) is 13.2 Å². The maximum Gasteiger partial charge on any atom is 0.445 e. The molecule has 0 amide bonds. The van der Waals surface area contributed by atoms with Gasteiger partial charge in [0.15, 0.2) is 0 Å². The molecule has 1 aromatic heterocycles. The van der Waals surface area contributed by atoms with Crippen molar-refractivity contribution >= 4 is 16.5 Å². The van der Waals surface area contributed by atoms with Crippen molar-refractivity contribution in [3.8, 4) is 0 Å². The molecule has 0 bridgehead atoms. The second kappa shape index (κ2) is 6.19. The lowest BCUT2D eigenvalue weighted by Crippen LogP contribution is -2.03. The fraction of sp³-hybridized carbons (Fsp3) is 0.333. The molecule has 1 aromatic carbocycles. The van der Waals surface area contributed by atoms with Crippen molar-refractivity contribution in [2.75, 3.05) is 12.4 Å². The van der Waals surface area contributed by atoms with Crippen LogP contribution in [0.15, 0.2) is 24.3 Å². The molecule has 0 aliphatic heterocycles. The van der Waals surface area contributed by atoms with Gasteiger partial charge in [0, 0.05) is 13.7 Å². The van der Waals surface area contributed by atoms with Crippen molar-refractivity contribution in [1.29, 1.82) is 0 Å². The molecule has 0 saturated heterocycles. The maximum absolute atomic E-state index is 12.4. The van der Waals surface area contributed by atoms with Crippen LogP contribution >= 0.6 is 11.3 Å². The summed E-state index contributed by atoms with van der Waals surface area (Å²) < 4.78 is 42.2. The fourth-order valence-corrected chi connectivity index (χ4v) is 2.21. The molecule has 8 heteroatoms. The topological polar surface area (TPSA) is 47.0 Å². The summed E-state index contributed by atoms with van der Waals surface area (Å²) >= 11 is 0.489. The van der Waals surface area contributed by atoms with E-state index < -0.39 is 11.2 Å². The van der Waals surface area contributed by atoms with Gasteiger partial charge in [-0.25, -0.2) is 0 Å². The van der Waals surface area contributed by atoms with Crippen LogP contribution < -0.4 is 5.32 Å². The van der Waals surface area contributed by atoms with Crippen molar-refractivity contribution in [2.24, 2.45) is 0 Å². The first-order chi connectivity index (χ1) is 9.50. The SMILES string of the molecule is COCc1ccccc1CNc1nnc(C(F)(F)F)s1. The van der Waals surface area contributed by atoms with Crippen molar-refractivity contribution < 1.29 is 17.9 Å². The number of hydrogen-bond acceptors (Lipinski definition) is 5. The highest BCUT2D eigenvalue weighted by atomic mass is 32.1. The van der Waals surface area contributed by atoms with Gasteiger partial charge in [-0.05, 0) is 11.1 Å². The average molecular weight is 303 g/mol. The quantitative estimate of drug-likeness (QED) is 0.920. The first-order valence-corrected chi connectivity index (χ1v) is 6.52. The molecule has 0 aliphatic carbocycles. The van der Waals surface area contributed by atoms with Gasteiger partial charge in [-0.15, -0.1) is 10.2 Å². The van der Waals surface area contributed by atoms with Gasteiger partial charge in [0.2, 0.25) is 10.1 Å². The number of alkyl halides is 3. The molecule has 2 aromatic rings. The summed E-state index contributed by atoms with van der Waals surface area (Å²) in [5.41, 5.74) is 1.92. The molecule has 1 N–H and O–H groups in total. The summed E-state index contributed by atoms with van der Waals surface area (Å²) in [6, 6.07) is 7.52. The second-order valence-corrected chi connectivity index (χ2v) is 4.94. The largest absolute Gasteiger partial charge is 0.445 e. The van der Waals surface area contributed by atoms with Crippen molar-refractivity contribution in [1.82, 2.24) is 10.2 Å². The molecule has 0 radical (unpaired) electrons. The van der Waals surface area contributed by atoms with Crippen molar-refractivity contribution in [2.45, 2.75) is 19.3 Å². The zero-order valence-electron chi connectivity index (χ0n) is 10.6. The Hall–Kier alpha value is -1.67. The Bertz CT molecular complexity index is 571. The van der Waals surface area contributed by atoms with Crippen LogP contribution in [0.4, 0.5) is 18.3 Å². The van der Waals surface area contributed by atoms with Crippen LogP contribution in [0, 0.1) is 0 Å². The molecular formula is C12H12F3N3OS. The van der Waals surface area contributed by atoms with Gasteiger partial charge in [-0.1, -0.05) is 35.6 Å². The zero-order valence-corrected chi connectivity index (χ0v) is 11.4. The van der Waals surface area contributed by atoms with E-state index in [-0.39, 0.29) is 5.13 Å². The van der Waals surface area contributed by atoms with Crippen LogP contribution in [0.5, 0.6) is 0 Å². The van der Waals surface area contributed by atoms with Crippen molar-refractivity contribution in [3.63, 3.8) is 0 Å². The summed E-state index contributed by atoms with van der Waals surface area (Å²) in [5, 5.41) is 8.63. The number of aromatic nitrogens is 2. The predicted octanol–water partition coefficient (Wildman–Crippen LogP) is 3.32. The normalized spacial score (nSPS) is 11.6. The third-order valence-electron chi connectivity index (χ3n) is 2.52. The predicted molar refractivity (Wildman–Crippen MR) is 69.4 cm³/mol. The van der Waals surface area contributed by atoms with Gasteiger partial charge in [-0.3, -0.25) is 0 Å². The molecule has 108 valence electrons. The molecule has 0 spiro atoms. The van der Waals surface area contributed by atoms with E-state index in [1.807, 2.05) is 24.3 Å². The second-order valence-electron chi connectivity index (χ2n) is 3.97. The highest BCUT2D eigenvalue weighted by molar-refractivity contribution is 7.15.